The number of fused-ring (bicyclic) bond motifs is 1. The number of sulfone groups is 1. The highest BCUT2D eigenvalue weighted by Crippen LogP contribution is 2.48. The molecule has 0 N–H and O–H groups in total. The predicted octanol–water partition coefficient (Wildman–Crippen LogP) is 3.51. The van der Waals surface area contributed by atoms with E-state index in [1.165, 1.54) is 37.5 Å². The number of methoxy groups -OCH3 is 1. The van der Waals surface area contributed by atoms with Crippen LogP contribution in [0, 0.1) is 5.82 Å². The highest BCUT2D eigenvalue weighted by atomic mass is 35.5. The van der Waals surface area contributed by atoms with Crippen LogP contribution < -0.4 is 4.74 Å². The van der Waals surface area contributed by atoms with Crippen molar-refractivity contribution in [3.8, 4) is 5.75 Å². The standard InChI is InChI=1S/C20H14Cl2FNO5S/c1-29-18-11(7-14(23)8-16(18)22)6-12-10-24-17(25)9-20(24,19(12)26)30(27,28)15-4-2-13(21)3-5-15/h2-8H,9-10H2,1H3. The topological polar surface area (TPSA) is 80.8 Å². The molecule has 0 spiro atoms. The highest BCUT2D eigenvalue weighted by molar-refractivity contribution is 7.93. The van der Waals surface area contributed by atoms with Gasteiger partial charge in [0, 0.05) is 16.2 Å². The number of hydrogen-bond acceptors (Lipinski definition) is 5. The summed E-state index contributed by atoms with van der Waals surface area (Å²) < 4.78 is 45.7. The highest BCUT2D eigenvalue weighted by Gasteiger charge is 2.69. The fourth-order valence-corrected chi connectivity index (χ4v) is 6.24. The number of ether oxygens (including phenoxy) is 1. The number of hydrogen-bond donors (Lipinski definition) is 0. The van der Waals surface area contributed by atoms with Gasteiger partial charge in [-0.1, -0.05) is 23.2 Å². The Kier molecular flexibility index (Phi) is 4.91. The van der Waals surface area contributed by atoms with Gasteiger partial charge in [0.15, 0.2) is 0 Å². The number of carbonyl (C=O) groups is 2. The maximum atomic E-state index is 13.8. The van der Waals surface area contributed by atoms with Crippen LogP contribution in [0.1, 0.15) is 12.0 Å². The summed E-state index contributed by atoms with van der Waals surface area (Å²) in [7, 11) is -2.90. The van der Waals surface area contributed by atoms with E-state index in [-0.39, 0.29) is 33.3 Å². The Hall–Kier alpha value is -2.42. The first kappa shape index (κ1) is 20.8. The summed E-state index contributed by atoms with van der Waals surface area (Å²) in [5, 5.41) is 0.332. The Balaban J connectivity index is 1.82. The lowest BCUT2D eigenvalue weighted by molar-refractivity contribution is -0.150. The lowest BCUT2D eigenvalue weighted by atomic mass is 9.99. The van der Waals surface area contributed by atoms with Crippen molar-refractivity contribution in [1.82, 2.24) is 4.90 Å². The summed E-state index contributed by atoms with van der Waals surface area (Å²) in [6.45, 7) is -0.220. The first-order chi connectivity index (χ1) is 14.1. The van der Waals surface area contributed by atoms with Crippen molar-refractivity contribution in [2.45, 2.75) is 16.2 Å². The third-order valence-electron chi connectivity index (χ3n) is 5.24. The number of carbonyl (C=O) groups excluding carboxylic acids is 2. The second-order valence-corrected chi connectivity index (χ2v) is 9.90. The fourth-order valence-electron chi connectivity index (χ4n) is 3.79. The Morgan fingerprint density at radius 2 is 1.83 bits per heavy atom. The molecule has 2 fully saturated rings. The summed E-state index contributed by atoms with van der Waals surface area (Å²) in [6, 6.07) is 7.54. The lowest BCUT2D eigenvalue weighted by Crippen LogP contribution is -2.67. The van der Waals surface area contributed by atoms with Crippen LogP contribution in [0.3, 0.4) is 0 Å². The van der Waals surface area contributed by atoms with Gasteiger partial charge < -0.3 is 9.64 Å². The van der Waals surface area contributed by atoms with E-state index < -0.39 is 38.6 Å². The molecule has 4 rings (SSSR count). The van der Waals surface area contributed by atoms with E-state index in [2.05, 4.69) is 0 Å². The zero-order valence-electron chi connectivity index (χ0n) is 15.5. The van der Waals surface area contributed by atoms with Crippen molar-refractivity contribution in [3.05, 3.63) is 63.4 Å². The van der Waals surface area contributed by atoms with Crippen LogP contribution in [0.15, 0.2) is 46.9 Å². The molecule has 0 bridgehead atoms. The van der Waals surface area contributed by atoms with Crippen LogP contribution >= 0.6 is 23.2 Å². The van der Waals surface area contributed by atoms with Gasteiger partial charge in [0.1, 0.15) is 11.6 Å². The molecule has 2 aromatic carbocycles. The SMILES string of the molecule is COc1c(Cl)cc(F)cc1C=C1CN2C(=O)CC2(S(=O)(=O)c2ccc(Cl)cc2)C1=O. The number of Topliss-reactive ketones (excluding diaryl/α,β-unsaturated/α-hetero) is 1. The van der Waals surface area contributed by atoms with Gasteiger partial charge in [-0.2, -0.15) is 0 Å². The quantitative estimate of drug-likeness (QED) is 0.505. The molecule has 0 aromatic heterocycles. The van der Waals surface area contributed by atoms with Gasteiger partial charge in [0.25, 0.3) is 0 Å². The van der Waals surface area contributed by atoms with E-state index >= 15 is 0 Å². The minimum Gasteiger partial charge on any atom is -0.495 e. The molecule has 2 aromatic rings. The molecule has 0 radical (unpaired) electrons. The predicted molar refractivity (Wildman–Crippen MR) is 109 cm³/mol. The molecule has 2 aliphatic rings. The molecular formula is C20H14Cl2FNO5S. The Labute approximate surface area is 181 Å². The molecule has 6 nitrogen and oxygen atoms in total. The number of nitrogens with zero attached hydrogens (tertiary/aromatic N) is 1. The van der Waals surface area contributed by atoms with Crippen LogP contribution in [0.5, 0.6) is 5.75 Å². The van der Waals surface area contributed by atoms with Gasteiger partial charge in [0.05, 0.1) is 30.0 Å². The molecule has 30 heavy (non-hydrogen) atoms. The van der Waals surface area contributed by atoms with Crippen molar-refractivity contribution in [2.75, 3.05) is 13.7 Å². The van der Waals surface area contributed by atoms with Gasteiger partial charge in [0.2, 0.25) is 26.4 Å². The average molecular weight is 470 g/mol. The van der Waals surface area contributed by atoms with Gasteiger partial charge in [-0.25, -0.2) is 12.8 Å². The Morgan fingerprint density at radius 3 is 2.43 bits per heavy atom. The van der Waals surface area contributed by atoms with Crippen LogP contribution in [-0.2, 0) is 19.4 Å². The second kappa shape index (κ2) is 7.08. The Bertz CT molecular complexity index is 1230. The van der Waals surface area contributed by atoms with Gasteiger partial charge >= 0.3 is 0 Å². The molecule has 0 saturated carbocycles. The zero-order valence-corrected chi connectivity index (χ0v) is 17.8. The number of β-lactam (4-membered cyclic amide) rings is 1. The molecular weight excluding hydrogens is 456 g/mol. The van der Waals surface area contributed by atoms with E-state index in [9.17, 15) is 22.4 Å². The summed E-state index contributed by atoms with van der Waals surface area (Å²) in [4.78, 5) is 24.3. The number of rotatable bonds is 4. The molecule has 1 atom stereocenters. The summed E-state index contributed by atoms with van der Waals surface area (Å²) in [5.41, 5.74) is 0.207. The monoisotopic (exact) mass is 469 g/mol. The van der Waals surface area contributed by atoms with Gasteiger partial charge in [-0.05, 0) is 42.5 Å². The smallest absolute Gasteiger partial charge is 0.228 e. The molecule has 10 heteroatoms. The van der Waals surface area contributed by atoms with Crippen molar-refractivity contribution >= 4 is 50.8 Å². The minimum atomic E-state index is -4.23. The molecule has 1 unspecified atom stereocenters. The van der Waals surface area contributed by atoms with E-state index in [0.717, 1.165) is 17.0 Å². The van der Waals surface area contributed by atoms with Crippen LogP contribution in [0.4, 0.5) is 4.39 Å². The number of halogens is 3. The number of amides is 1. The van der Waals surface area contributed by atoms with E-state index in [1.54, 1.807) is 0 Å². The van der Waals surface area contributed by atoms with Crippen molar-refractivity contribution < 1.29 is 27.1 Å². The lowest BCUT2D eigenvalue weighted by Gasteiger charge is -2.44. The molecule has 2 heterocycles. The third kappa shape index (κ3) is 2.85. The molecule has 1 amide bonds. The first-order valence-electron chi connectivity index (χ1n) is 8.71. The number of ketones is 1. The fraction of sp³-hybridized carbons (Fsp3) is 0.200. The van der Waals surface area contributed by atoms with Crippen molar-refractivity contribution in [2.24, 2.45) is 0 Å². The van der Waals surface area contributed by atoms with E-state index in [0.29, 0.717) is 5.02 Å². The first-order valence-corrected chi connectivity index (χ1v) is 10.9. The normalized spacial score (nSPS) is 22.3. The van der Waals surface area contributed by atoms with Crippen molar-refractivity contribution in [1.29, 1.82) is 0 Å². The minimum absolute atomic E-state index is 0.00218. The maximum Gasteiger partial charge on any atom is 0.228 e. The molecule has 156 valence electrons. The summed E-state index contributed by atoms with van der Waals surface area (Å²) >= 11 is 11.8. The number of benzene rings is 2. The van der Waals surface area contributed by atoms with Crippen molar-refractivity contribution in [3.63, 3.8) is 0 Å². The van der Waals surface area contributed by atoms with Crippen LogP contribution in [0.25, 0.3) is 6.08 Å². The third-order valence-corrected chi connectivity index (χ3v) is 8.11. The second-order valence-electron chi connectivity index (χ2n) is 6.91. The summed E-state index contributed by atoms with van der Waals surface area (Å²) in [6.07, 6.45) is 0.843. The van der Waals surface area contributed by atoms with Crippen LogP contribution in [0.2, 0.25) is 10.0 Å². The molecule has 0 aliphatic carbocycles. The zero-order chi connectivity index (χ0) is 21.8. The van der Waals surface area contributed by atoms with E-state index in [4.69, 9.17) is 27.9 Å². The van der Waals surface area contributed by atoms with Crippen LogP contribution in [-0.4, -0.2) is 43.5 Å². The molecule has 2 saturated heterocycles. The average Bonchev–Trinajstić information content (AvgIpc) is 2.90. The molecule has 2 aliphatic heterocycles. The maximum absolute atomic E-state index is 13.8. The Morgan fingerprint density at radius 1 is 1.17 bits per heavy atom. The van der Waals surface area contributed by atoms with Gasteiger partial charge in [-0.3, -0.25) is 9.59 Å². The summed E-state index contributed by atoms with van der Waals surface area (Å²) in [5.74, 6) is -1.72. The largest absolute Gasteiger partial charge is 0.495 e. The van der Waals surface area contributed by atoms with E-state index in [1.807, 2.05) is 0 Å². The van der Waals surface area contributed by atoms with Gasteiger partial charge in [-0.15, -0.1) is 0 Å².